The second-order valence-corrected chi connectivity index (χ2v) is 4.50. The van der Waals surface area contributed by atoms with Crippen molar-refractivity contribution >= 4 is 21.6 Å². The molecule has 0 saturated heterocycles. The zero-order chi connectivity index (χ0) is 13.0. The van der Waals surface area contributed by atoms with Gasteiger partial charge in [0, 0.05) is 25.0 Å². The third-order valence-electron chi connectivity index (χ3n) is 2.38. The number of rotatable bonds is 4. The van der Waals surface area contributed by atoms with Crippen molar-refractivity contribution in [2.75, 3.05) is 12.4 Å². The average Bonchev–Trinajstić information content (AvgIpc) is 2.40. The number of ether oxygens (including phenoxy) is 1. The van der Waals surface area contributed by atoms with Crippen LogP contribution in [0.25, 0.3) is 0 Å². The van der Waals surface area contributed by atoms with Crippen LogP contribution < -0.4 is 10.1 Å². The molecule has 0 radical (unpaired) electrons. The SMILES string of the molecule is CNc1ccnc(COc2ccc(Br)c(F)c2)c1. The molecule has 0 spiro atoms. The van der Waals surface area contributed by atoms with Gasteiger partial charge in [0.2, 0.25) is 0 Å². The van der Waals surface area contributed by atoms with Gasteiger partial charge in [0.05, 0.1) is 10.2 Å². The first-order chi connectivity index (χ1) is 8.69. The van der Waals surface area contributed by atoms with Gasteiger partial charge in [-0.15, -0.1) is 0 Å². The Kier molecular flexibility index (Phi) is 4.15. The Balaban J connectivity index is 2.04. The fourth-order valence-corrected chi connectivity index (χ4v) is 1.68. The number of hydrogen-bond donors (Lipinski definition) is 1. The minimum Gasteiger partial charge on any atom is -0.487 e. The average molecular weight is 311 g/mol. The molecule has 3 nitrogen and oxygen atoms in total. The van der Waals surface area contributed by atoms with Crippen molar-refractivity contribution in [3.05, 3.63) is 52.5 Å². The number of halogens is 2. The minimum atomic E-state index is -0.343. The molecule has 18 heavy (non-hydrogen) atoms. The number of anilines is 1. The Morgan fingerprint density at radius 2 is 2.17 bits per heavy atom. The summed E-state index contributed by atoms with van der Waals surface area (Å²) in [6.07, 6.45) is 1.70. The van der Waals surface area contributed by atoms with E-state index in [1.54, 1.807) is 18.3 Å². The molecule has 2 rings (SSSR count). The smallest absolute Gasteiger partial charge is 0.141 e. The van der Waals surface area contributed by atoms with E-state index in [9.17, 15) is 4.39 Å². The molecule has 0 aliphatic heterocycles. The van der Waals surface area contributed by atoms with Crippen LogP contribution in [0.5, 0.6) is 5.75 Å². The van der Waals surface area contributed by atoms with Crippen LogP contribution in [-0.4, -0.2) is 12.0 Å². The van der Waals surface area contributed by atoms with E-state index in [0.717, 1.165) is 11.4 Å². The van der Waals surface area contributed by atoms with Gasteiger partial charge in [0.1, 0.15) is 18.2 Å². The Bertz CT molecular complexity index is 548. The lowest BCUT2D eigenvalue weighted by atomic mass is 10.3. The van der Waals surface area contributed by atoms with E-state index in [0.29, 0.717) is 16.8 Å². The molecule has 1 heterocycles. The number of hydrogen-bond acceptors (Lipinski definition) is 3. The lowest BCUT2D eigenvalue weighted by molar-refractivity contribution is 0.299. The largest absolute Gasteiger partial charge is 0.487 e. The summed E-state index contributed by atoms with van der Waals surface area (Å²) in [6, 6.07) is 8.40. The van der Waals surface area contributed by atoms with Gasteiger partial charge in [-0.2, -0.15) is 0 Å². The summed E-state index contributed by atoms with van der Waals surface area (Å²) in [5.41, 5.74) is 1.75. The second-order valence-electron chi connectivity index (χ2n) is 3.65. The normalized spacial score (nSPS) is 10.2. The van der Waals surface area contributed by atoms with Gasteiger partial charge in [-0.05, 0) is 40.2 Å². The molecule has 0 atom stereocenters. The molecular weight excluding hydrogens is 299 g/mol. The summed E-state index contributed by atoms with van der Waals surface area (Å²) in [7, 11) is 1.84. The number of pyridine rings is 1. The number of benzene rings is 1. The second kappa shape index (κ2) is 5.82. The topological polar surface area (TPSA) is 34.2 Å². The van der Waals surface area contributed by atoms with Crippen LogP contribution in [0.3, 0.4) is 0 Å². The molecule has 0 fully saturated rings. The molecule has 0 aliphatic carbocycles. The molecule has 5 heteroatoms. The quantitative estimate of drug-likeness (QED) is 0.937. The summed E-state index contributed by atoms with van der Waals surface area (Å²) < 4.78 is 19.2. The van der Waals surface area contributed by atoms with Crippen molar-refractivity contribution in [1.29, 1.82) is 0 Å². The van der Waals surface area contributed by atoms with Crippen LogP contribution >= 0.6 is 15.9 Å². The molecule has 0 unspecified atom stereocenters. The van der Waals surface area contributed by atoms with Crippen molar-refractivity contribution in [2.45, 2.75) is 6.61 Å². The van der Waals surface area contributed by atoms with Crippen LogP contribution in [0.2, 0.25) is 0 Å². The third kappa shape index (κ3) is 3.20. The van der Waals surface area contributed by atoms with Crippen molar-refractivity contribution in [2.24, 2.45) is 0 Å². The Morgan fingerprint density at radius 3 is 2.89 bits per heavy atom. The maximum Gasteiger partial charge on any atom is 0.141 e. The monoisotopic (exact) mass is 310 g/mol. The molecule has 0 saturated carbocycles. The zero-order valence-electron chi connectivity index (χ0n) is 9.78. The van der Waals surface area contributed by atoms with Gasteiger partial charge < -0.3 is 10.1 Å². The summed E-state index contributed by atoms with van der Waals surface area (Å²) >= 11 is 3.09. The maximum atomic E-state index is 13.3. The number of nitrogens with zero attached hydrogens (tertiary/aromatic N) is 1. The van der Waals surface area contributed by atoms with Gasteiger partial charge in [0.15, 0.2) is 0 Å². The first kappa shape index (κ1) is 12.8. The molecule has 0 bridgehead atoms. The Hall–Kier alpha value is -1.62. The molecule has 0 amide bonds. The van der Waals surface area contributed by atoms with Crippen LogP contribution in [0, 0.1) is 5.82 Å². The number of nitrogens with one attached hydrogen (secondary N) is 1. The molecule has 1 N–H and O–H groups in total. The van der Waals surface area contributed by atoms with E-state index < -0.39 is 0 Å². The number of aromatic nitrogens is 1. The summed E-state index contributed by atoms with van der Waals surface area (Å²) in [6.45, 7) is 0.302. The van der Waals surface area contributed by atoms with Crippen LogP contribution in [0.15, 0.2) is 41.0 Å². The highest BCUT2D eigenvalue weighted by Crippen LogP contribution is 2.21. The van der Waals surface area contributed by atoms with Crippen molar-refractivity contribution in [3.8, 4) is 5.75 Å². The van der Waals surface area contributed by atoms with Crippen LogP contribution in [0.4, 0.5) is 10.1 Å². The van der Waals surface area contributed by atoms with Gasteiger partial charge >= 0.3 is 0 Å². The highest BCUT2D eigenvalue weighted by atomic mass is 79.9. The lowest BCUT2D eigenvalue weighted by Gasteiger charge is -2.07. The van der Waals surface area contributed by atoms with Gasteiger partial charge in [-0.3, -0.25) is 4.98 Å². The van der Waals surface area contributed by atoms with Crippen LogP contribution in [0.1, 0.15) is 5.69 Å². The zero-order valence-corrected chi connectivity index (χ0v) is 11.4. The third-order valence-corrected chi connectivity index (χ3v) is 3.03. The summed E-state index contributed by atoms with van der Waals surface area (Å²) in [5, 5.41) is 3.02. The van der Waals surface area contributed by atoms with Gasteiger partial charge in [-0.1, -0.05) is 0 Å². The molecule has 0 aliphatic rings. The molecule has 1 aromatic carbocycles. The Morgan fingerprint density at radius 1 is 1.33 bits per heavy atom. The molecular formula is C13H12BrFN2O. The fraction of sp³-hybridized carbons (Fsp3) is 0.154. The standard InChI is InChI=1S/C13H12BrFN2O/c1-16-9-4-5-17-10(6-9)8-18-11-2-3-12(14)13(15)7-11/h2-7H,8H2,1H3,(H,16,17). The lowest BCUT2D eigenvalue weighted by Crippen LogP contribution is -1.99. The summed E-state index contributed by atoms with van der Waals surface area (Å²) in [4.78, 5) is 4.17. The molecule has 1 aromatic heterocycles. The minimum absolute atomic E-state index is 0.302. The Labute approximate surface area is 113 Å². The van der Waals surface area contributed by atoms with Crippen LogP contribution in [-0.2, 0) is 6.61 Å². The van der Waals surface area contributed by atoms with E-state index in [4.69, 9.17) is 4.74 Å². The van der Waals surface area contributed by atoms with Crippen molar-refractivity contribution in [1.82, 2.24) is 4.98 Å². The van der Waals surface area contributed by atoms with E-state index in [1.807, 2.05) is 19.2 Å². The van der Waals surface area contributed by atoms with E-state index in [2.05, 4.69) is 26.2 Å². The van der Waals surface area contributed by atoms with Crippen molar-refractivity contribution in [3.63, 3.8) is 0 Å². The van der Waals surface area contributed by atoms with E-state index in [1.165, 1.54) is 6.07 Å². The molecule has 94 valence electrons. The van der Waals surface area contributed by atoms with Crippen molar-refractivity contribution < 1.29 is 9.13 Å². The van der Waals surface area contributed by atoms with E-state index in [-0.39, 0.29) is 5.82 Å². The first-order valence-electron chi connectivity index (χ1n) is 5.39. The highest BCUT2D eigenvalue weighted by Gasteiger charge is 2.02. The first-order valence-corrected chi connectivity index (χ1v) is 6.19. The maximum absolute atomic E-state index is 13.3. The predicted octanol–water partition coefficient (Wildman–Crippen LogP) is 3.60. The molecule has 2 aromatic rings. The summed E-state index contributed by atoms with van der Waals surface area (Å²) in [5.74, 6) is 0.136. The van der Waals surface area contributed by atoms with Gasteiger partial charge in [-0.25, -0.2) is 4.39 Å². The highest BCUT2D eigenvalue weighted by molar-refractivity contribution is 9.10. The fourth-order valence-electron chi connectivity index (χ4n) is 1.44. The predicted molar refractivity (Wildman–Crippen MR) is 72.2 cm³/mol. The van der Waals surface area contributed by atoms with Gasteiger partial charge in [0.25, 0.3) is 0 Å². The van der Waals surface area contributed by atoms with E-state index >= 15 is 0 Å².